The monoisotopic (exact) mass is 294 g/mol. The van der Waals surface area contributed by atoms with Crippen molar-refractivity contribution in [1.29, 1.82) is 0 Å². The topological polar surface area (TPSA) is 84.1 Å². The minimum Gasteiger partial charge on any atom is -0.423 e. The Kier molecular flexibility index (Phi) is 3.73. The summed E-state index contributed by atoms with van der Waals surface area (Å²) in [5, 5.41) is 30.4. The summed E-state index contributed by atoms with van der Waals surface area (Å²) >= 11 is 1.40. The number of hydrogen-bond donors (Lipinski definition) is 2. The fourth-order valence-corrected chi connectivity index (χ4v) is 2.76. The summed E-state index contributed by atoms with van der Waals surface area (Å²) in [6.07, 6.45) is 2.17. The van der Waals surface area contributed by atoms with Gasteiger partial charge in [-0.1, -0.05) is 17.8 Å². The normalized spacial score (nSPS) is 14.6. The van der Waals surface area contributed by atoms with Gasteiger partial charge >= 0.3 is 7.12 Å². The van der Waals surface area contributed by atoms with Crippen LogP contribution < -0.4 is 5.46 Å². The maximum Gasteiger partial charge on any atom is 0.488 e. The Bertz CT molecular complexity index is 620. The van der Waals surface area contributed by atoms with Gasteiger partial charge in [-0.3, -0.25) is 0 Å². The highest BCUT2D eigenvalue weighted by Crippen LogP contribution is 2.36. The van der Waals surface area contributed by atoms with E-state index in [1.165, 1.54) is 17.8 Å². The number of aromatic nitrogens is 4. The summed E-state index contributed by atoms with van der Waals surface area (Å²) in [4.78, 5) is 0. The molecule has 0 unspecified atom stereocenters. The van der Waals surface area contributed by atoms with Gasteiger partial charge in [0.05, 0.1) is 6.04 Å². The highest BCUT2D eigenvalue weighted by molar-refractivity contribution is 7.98. The van der Waals surface area contributed by atoms with Crippen LogP contribution in [0.25, 0.3) is 0 Å². The van der Waals surface area contributed by atoms with Crippen molar-refractivity contribution in [3.05, 3.63) is 29.6 Å². The van der Waals surface area contributed by atoms with E-state index >= 15 is 0 Å². The molecule has 2 N–H and O–H groups in total. The fraction of sp³-hybridized carbons (Fsp3) is 0.364. The summed E-state index contributed by atoms with van der Waals surface area (Å²) in [5.74, 6) is -0.0297. The van der Waals surface area contributed by atoms with E-state index in [1.807, 2.05) is 0 Å². The molecule has 1 aliphatic carbocycles. The van der Waals surface area contributed by atoms with E-state index in [2.05, 4.69) is 15.5 Å². The SMILES string of the molecule is OB(O)c1cc(F)cc(CSc2nnnn2C2CC2)c1. The van der Waals surface area contributed by atoms with E-state index in [1.54, 1.807) is 10.7 Å². The largest absolute Gasteiger partial charge is 0.488 e. The molecule has 0 saturated heterocycles. The van der Waals surface area contributed by atoms with Crippen LogP contribution in [-0.2, 0) is 5.75 Å². The molecular formula is C11H12BFN4O2S. The number of halogens is 1. The molecule has 9 heteroatoms. The molecule has 0 spiro atoms. The number of benzene rings is 1. The smallest absolute Gasteiger partial charge is 0.423 e. The van der Waals surface area contributed by atoms with E-state index in [9.17, 15) is 4.39 Å². The molecule has 1 aromatic heterocycles. The first-order valence-corrected chi connectivity index (χ1v) is 7.18. The zero-order chi connectivity index (χ0) is 14.1. The van der Waals surface area contributed by atoms with Crippen LogP contribution in [0.3, 0.4) is 0 Å². The molecule has 0 amide bonds. The Labute approximate surface area is 119 Å². The molecule has 3 rings (SSSR count). The molecule has 1 saturated carbocycles. The fourth-order valence-electron chi connectivity index (χ4n) is 1.88. The van der Waals surface area contributed by atoms with Crippen molar-refractivity contribution in [2.24, 2.45) is 0 Å². The van der Waals surface area contributed by atoms with E-state index in [0.717, 1.165) is 18.9 Å². The average molecular weight is 294 g/mol. The van der Waals surface area contributed by atoms with E-state index in [4.69, 9.17) is 10.0 Å². The van der Waals surface area contributed by atoms with Gasteiger partial charge < -0.3 is 10.0 Å². The van der Waals surface area contributed by atoms with Gasteiger partial charge in [-0.05, 0) is 46.4 Å². The van der Waals surface area contributed by atoms with Crippen LogP contribution in [0.4, 0.5) is 4.39 Å². The molecule has 0 aliphatic heterocycles. The summed E-state index contributed by atoms with van der Waals surface area (Å²) in [6.45, 7) is 0. The summed E-state index contributed by atoms with van der Waals surface area (Å²) < 4.78 is 15.2. The zero-order valence-corrected chi connectivity index (χ0v) is 11.3. The maximum atomic E-state index is 13.4. The third kappa shape index (κ3) is 3.00. The molecular weight excluding hydrogens is 282 g/mol. The lowest BCUT2D eigenvalue weighted by molar-refractivity contribution is 0.425. The van der Waals surface area contributed by atoms with Gasteiger partial charge in [-0.25, -0.2) is 9.07 Å². The van der Waals surface area contributed by atoms with Crippen molar-refractivity contribution in [3.8, 4) is 0 Å². The molecule has 0 bridgehead atoms. The highest BCUT2D eigenvalue weighted by atomic mass is 32.2. The highest BCUT2D eigenvalue weighted by Gasteiger charge is 2.27. The van der Waals surface area contributed by atoms with E-state index in [-0.39, 0.29) is 5.46 Å². The number of nitrogens with zero attached hydrogens (tertiary/aromatic N) is 4. The molecule has 0 atom stereocenters. The predicted molar refractivity (Wildman–Crippen MR) is 71.9 cm³/mol. The Balaban J connectivity index is 1.73. The lowest BCUT2D eigenvalue weighted by Crippen LogP contribution is -2.30. The number of tetrazole rings is 1. The molecule has 6 nitrogen and oxygen atoms in total. The first-order chi connectivity index (χ1) is 9.63. The Hall–Kier alpha value is -1.45. The van der Waals surface area contributed by atoms with Crippen molar-refractivity contribution in [2.45, 2.75) is 29.8 Å². The van der Waals surface area contributed by atoms with E-state index < -0.39 is 12.9 Å². The minimum absolute atomic E-state index is 0.141. The van der Waals surface area contributed by atoms with Crippen LogP contribution >= 0.6 is 11.8 Å². The maximum absolute atomic E-state index is 13.4. The molecule has 1 aromatic carbocycles. The lowest BCUT2D eigenvalue weighted by Gasteiger charge is -2.06. The van der Waals surface area contributed by atoms with Crippen molar-refractivity contribution < 1.29 is 14.4 Å². The van der Waals surface area contributed by atoms with Gasteiger partial charge in [0, 0.05) is 5.75 Å². The van der Waals surface area contributed by atoms with Crippen molar-refractivity contribution in [3.63, 3.8) is 0 Å². The molecule has 1 fully saturated rings. The number of thioether (sulfide) groups is 1. The second-order valence-electron chi connectivity index (χ2n) is 4.69. The van der Waals surface area contributed by atoms with Gasteiger partial charge in [0.15, 0.2) is 0 Å². The Morgan fingerprint density at radius 1 is 1.35 bits per heavy atom. The third-order valence-corrected chi connectivity index (χ3v) is 4.01. The van der Waals surface area contributed by atoms with Crippen LogP contribution in [-0.4, -0.2) is 37.4 Å². The molecule has 1 heterocycles. The van der Waals surface area contributed by atoms with Crippen LogP contribution in [0, 0.1) is 5.82 Å². The van der Waals surface area contributed by atoms with Gasteiger partial charge in [-0.15, -0.1) is 5.10 Å². The predicted octanol–water partition coefficient (Wildman–Crippen LogP) is 0.119. The zero-order valence-electron chi connectivity index (χ0n) is 10.5. The molecule has 20 heavy (non-hydrogen) atoms. The Morgan fingerprint density at radius 2 is 2.15 bits per heavy atom. The summed E-state index contributed by atoms with van der Waals surface area (Å²) in [6, 6.07) is 4.42. The van der Waals surface area contributed by atoms with Gasteiger partial charge in [0.25, 0.3) is 0 Å². The Morgan fingerprint density at radius 3 is 2.85 bits per heavy atom. The first-order valence-electron chi connectivity index (χ1n) is 6.19. The van der Waals surface area contributed by atoms with Crippen molar-refractivity contribution in [1.82, 2.24) is 20.2 Å². The van der Waals surface area contributed by atoms with Crippen LogP contribution in [0.5, 0.6) is 0 Å². The van der Waals surface area contributed by atoms with Gasteiger partial charge in [0.1, 0.15) is 5.82 Å². The van der Waals surface area contributed by atoms with Crippen LogP contribution in [0.15, 0.2) is 23.4 Å². The second-order valence-corrected chi connectivity index (χ2v) is 5.63. The lowest BCUT2D eigenvalue weighted by atomic mass is 9.79. The molecule has 104 valence electrons. The van der Waals surface area contributed by atoms with Crippen LogP contribution in [0.1, 0.15) is 24.4 Å². The number of rotatable bonds is 5. The standard InChI is InChI=1S/C11H12BFN4O2S/c13-9-4-7(3-8(5-9)12(18)19)6-20-11-14-15-16-17(11)10-1-2-10/h3-5,10,18-19H,1-2,6H2. The van der Waals surface area contributed by atoms with Crippen molar-refractivity contribution in [2.75, 3.05) is 0 Å². The molecule has 2 aromatic rings. The minimum atomic E-state index is -1.67. The summed E-state index contributed by atoms with van der Waals surface area (Å²) in [7, 11) is -1.67. The van der Waals surface area contributed by atoms with Gasteiger partial charge in [-0.2, -0.15) is 0 Å². The molecule has 1 aliphatic rings. The quantitative estimate of drug-likeness (QED) is 0.602. The second kappa shape index (κ2) is 5.51. The van der Waals surface area contributed by atoms with Crippen molar-refractivity contribution >= 4 is 24.3 Å². The number of hydrogen-bond acceptors (Lipinski definition) is 6. The first kappa shape index (κ1) is 13.5. The van der Waals surface area contributed by atoms with Gasteiger partial charge in [0.2, 0.25) is 5.16 Å². The van der Waals surface area contributed by atoms with E-state index in [0.29, 0.717) is 22.5 Å². The third-order valence-electron chi connectivity index (χ3n) is 3.00. The van der Waals surface area contributed by atoms with Crippen LogP contribution in [0.2, 0.25) is 0 Å². The summed E-state index contributed by atoms with van der Waals surface area (Å²) in [5.41, 5.74) is 0.797. The average Bonchev–Trinajstić information content (AvgIpc) is 3.15. The molecule has 0 radical (unpaired) electrons.